The fourth-order valence-electron chi connectivity index (χ4n) is 2.14. The highest BCUT2D eigenvalue weighted by atomic mass is 35.5. The number of alkyl halides is 3. The van der Waals surface area contributed by atoms with Crippen molar-refractivity contribution in [2.45, 2.75) is 19.6 Å². The Bertz CT molecular complexity index is 661. The van der Waals surface area contributed by atoms with Crippen LogP contribution < -0.4 is 10.6 Å². The fraction of sp³-hybridized carbons (Fsp3) is 0.417. The highest BCUT2D eigenvalue weighted by Crippen LogP contribution is 2.42. The van der Waals surface area contributed by atoms with Gasteiger partial charge in [0.05, 0.1) is 27.3 Å². The van der Waals surface area contributed by atoms with E-state index in [1.807, 2.05) is 6.92 Å². The molecular weight excluding hydrogens is 293 g/mol. The first kappa shape index (κ1) is 14.8. The van der Waals surface area contributed by atoms with Crippen molar-refractivity contribution in [1.29, 1.82) is 0 Å². The summed E-state index contributed by atoms with van der Waals surface area (Å²) >= 11 is 5.77. The molecule has 0 amide bonds. The molecule has 8 heteroatoms. The van der Waals surface area contributed by atoms with Crippen LogP contribution in [0, 0.1) is 0 Å². The molecule has 2 N–H and O–H groups in total. The second kappa shape index (κ2) is 4.73. The summed E-state index contributed by atoms with van der Waals surface area (Å²) in [5.41, 5.74) is 5.34. The Balaban J connectivity index is 2.87. The largest absolute Gasteiger partial charge is 0.418 e. The molecule has 0 bridgehead atoms. The average Bonchev–Trinajstić information content (AvgIpc) is 2.71. The Kier molecular flexibility index (Phi) is 3.49. The number of fused-ring (bicyclic) bond motifs is 1. The molecule has 1 heterocycles. The molecule has 0 atom stereocenters. The number of nitrogens with zero attached hydrogens (tertiary/aromatic N) is 3. The quantitative estimate of drug-likeness (QED) is 0.865. The topological polar surface area (TPSA) is 47.1 Å². The van der Waals surface area contributed by atoms with E-state index in [4.69, 9.17) is 17.3 Å². The van der Waals surface area contributed by atoms with Gasteiger partial charge in [0.2, 0.25) is 5.95 Å². The molecule has 0 aliphatic rings. The predicted molar refractivity (Wildman–Crippen MR) is 74.2 cm³/mol. The summed E-state index contributed by atoms with van der Waals surface area (Å²) in [6.07, 6.45) is -4.56. The van der Waals surface area contributed by atoms with Gasteiger partial charge in [-0.3, -0.25) is 0 Å². The third-order valence-corrected chi connectivity index (χ3v) is 3.41. The SMILES string of the molecule is CCn1c(N(C)C)nc2cc(C(F)(F)F)c(Cl)c(N)c21. The molecule has 0 unspecified atom stereocenters. The number of nitrogens with two attached hydrogens (primary N) is 1. The number of aromatic nitrogens is 2. The normalized spacial score (nSPS) is 12.2. The van der Waals surface area contributed by atoms with Gasteiger partial charge in [-0.05, 0) is 13.0 Å². The fourth-order valence-corrected chi connectivity index (χ4v) is 2.39. The Labute approximate surface area is 118 Å². The van der Waals surface area contributed by atoms with Crippen molar-refractivity contribution in [3.8, 4) is 0 Å². The Morgan fingerprint density at radius 3 is 2.45 bits per heavy atom. The lowest BCUT2D eigenvalue weighted by atomic mass is 10.1. The number of halogens is 4. The molecule has 0 radical (unpaired) electrons. The maximum absolute atomic E-state index is 12.9. The van der Waals surface area contributed by atoms with E-state index in [1.165, 1.54) is 0 Å². The first-order valence-corrected chi connectivity index (χ1v) is 6.29. The monoisotopic (exact) mass is 306 g/mol. The molecule has 0 saturated heterocycles. The highest BCUT2D eigenvalue weighted by molar-refractivity contribution is 6.35. The number of rotatable bonds is 2. The number of hydrogen-bond acceptors (Lipinski definition) is 3. The van der Waals surface area contributed by atoms with E-state index < -0.39 is 16.8 Å². The van der Waals surface area contributed by atoms with Gasteiger partial charge >= 0.3 is 6.18 Å². The van der Waals surface area contributed by atoms with Crippen molar-refractivity contribution in [3.63, 3.8) is 0 Å². The third kappa shape index (κ3) is 2.15. The van der Waals surface area contributed by atoms with E-state index in [1.54, 1.807) is 23.6 Å². The zero-order valence-electron chi connectivity index (χ0n) is 11.2. The molecule has 4 nitrogen and oxygen atoms in total. The Morgan fingerprint density at radius 1 is 1.40 bits per heavy atom. The summed E-state index contributed by atoms with van der Waals surface area (Å²) in [5, 5.41) is -0.482. The van der Waals surface area contributed by atoms with Gasteiger partial charge in [-0.1, -0.05) is 11.6 Å². The van der Waals surface area contributed by atoms with Gasteiger partial charge in [-0.25, -0.2) is 4.98 Å². The first-order valence-electron chi connectivity index (χ1n) is 5.91. The van der Waals surface area contributed by atoms with Crippen LogP contribution in [-0.2, 0) is 12.7 Å². The van der Waals surface area contributed by atoms with E-state index in [0.717, 1.165) is 6.07 Å². The van der Waals surface area contributed by atoms with Gasteiger partial charge < -0.3 is 15.2 Å². The maximum Gasteiger partial charge on any atom is 0.418 e. The van der Waals surface area contributed by atoms with E-state index >= 15 is 0 Å². The van der Waals surface area contributed by atoms with Crippen molar-refractivity contribution in [1.82, 2.24) is 9.55 Å². The van der Waals surface area contributed by atoms with Gasteiger partial charge in [0.25, 0.3) is 0 Å². The molecule has 0 spiro atoms. The molecule has 1 aromatic heterocycles. The average molecular weight is 307 g/mol. The smallest absolute Gasteiger partial charge is 0.396 e. The summed E-state index contributed by atoms with van der Waals surface area (Å²) < 4.78 is 40.5. The Hall–Kier alpha value is -1.63. The van der Waals surface area contributed by atoms with Crippen LogP contribution in [0.1, 0.15) is 12.5 Å². The lowest BCUT2D eigenvalue weighted by Crippen LogP contribution is -2.15. The van der Waals surface area contributed by atoms with E-state index in [9.17, 15) is 13.2 Å². The van der Waals surface area contributed by atoms with Gasteiger partial charge in [-0.2, -0.15) is 13.2 Å². The summed E-state index contributed by atoms with van der Waals surface area (Å²) in [6.45, 7) is 2.38. The van der Waals surface area contributed by atoms with Crippen molar-refractivity contribution < 1.29 is 13.2 Å². The lowest BCUT2D eigenvalue weighted by molar-refractivity contribution is -0.137. The number of aryl methyl sites for hydroxylation is 1. The maximum atomic E-state index is 12.9. The summed E-state index contributed by atoms with van der Waals surface area (Å²) in [5.74, 6) is 0.532. The van der Waals surface area contributed by atoms with E-state index in [0.29, 0.717) is 18.0 Å². The standard InChI is InChI=1S/C12H14ClF3N4/c1-4-20-10-7(18-11(20)19(2)3)5-6(12(14,15)16)8(13)9(10)17/h5H,4,17H2,1-3H3. The minimum Gasteiger partial charge on any atom is -0.396 e. The first-order chi connectivity index (χ1) is 9.18. The lowest BCUT2D eigenvalue weighted by Gasteiger charge is -2.15. The molecule has 0 fully saturated rings. The minimum absolute atomic E-state index is 0.0982. The van der Waals surface area contributed by atoms with Crippen LogP contribution >= 0.6 is 11.6 Å². The molecule has 2 aromatic rings. The number of nitrogen functional groups attached to an aromatic ring is 1. The van der Waals surface area contributed by atoms with Crippen LogP contribution in [0.4, 0.5) is 24.8 Å². The van der Waals surface area contributed by atoms with Crippen LogP contribution in [0.2, 0.25) is 5.02 Å². The predicted octanol–water partition coefficient (Wildman–Crippen LogP) is 3.38. The summed E-state index contributed by atoms with van der Waals surface area (Å²) in [6, 6.07) is 0.938. The van der Waals surface area contributed by atoms with Crippen molar-refractivity contribution in [2.24, 2.45) is 0 Å². The van der Waals surface area contributed by atoms with Crippen LogP contribution in [0.15, 0.2) is 6.07 Å². The van der Waals surface area contributed by atoms with Crippen LogP contribution in [0.5, 0.6) is 0 Å². The van der Waals surface area contributed by atoms with Crippen LogP contribution in [0.25, 0.3) is 11.0 Å². The van der Waals surface area contributed by atoms with Crippen LogP contribution in [-0.4, -0.2) is 23.6 Å². The second-order valence-electron chi connectivity index (χ2n) is 4.57. The third-order valence-electron chi connectivity index (χ3n) is 3.01. The number of anilines is 2. The molecular formula is C12H14ClF3N4. The van der Waals surface area contributed by atoms with Gasteiger partial charge in [0.15, 0.2) is 0 Å². The van der Waals surface area contributed by atoms with Crippen molar-refractivity contribution in [3.05, 3.63) is 16.7 Å². The van der Waals surface area contributed by atoms with E-state index in [-0.39, 0.29) is 11.2 Å². The highest BCUT2D eigenvalue weighted by Gasteiger charge is 2.35. The van der Waals surface area contributed by atoms with Gasteiger partial charge in [0, 0.05) is 20.6 Å². The zero-order valence-corrected chi connectivity index (χ0v) is 12.0. The number of imidazole rings is 1. The number of hydrogen-bond donors (Lipinski definition) is 1. The van der Waals surface area contributed by atoms with Crippen molar-refractivity contribution in [2.75, 3.05) is 24.7 Å². The molecule has 0 aliphatic heterocycles. The zero-order chi connectivity index (χ0) is 15.2. The summed E-state index contributed by atoms with van der Waals surface area (Å²) in [4.78, 5) is 5.92. The number of benzene rings is 1. The van der Waals surface area contributed by atoms with Crippen LogP contribution in [0.3, 0.4) is 0 Å². The van der Waals surface area contributed by atoms with Gasteiger partial charge in [-0.15, -0.1) is 0 Å². The molecule has 110 valence electrons. The Morgan fingerprint density at radius 2 is 2.00 bits per heavy atom. The molecule has 0 saturated carbocycles. The minimum atomic E-state index is -4.56. The molecule has 20 heavy (non-hydrogen) atoms. The molecule has 1 aromatic carbocycles. The summed E-state index contributed by atoms with van der Waals surface area (Å²) in [7, 11) is 3.52. The molecule has 2 rings (SSSR count). The molecule has 0 aliphatic carbocycles. The second-order valence-corrected chi connectivity index (χ2v) is 4.95. The van der Waals surface area contributed by atoms with Gasteiger partial charge in [0.1, 0.15) is 0 Å². The van der Waals surface area contributed by atoms with E-state index in [2.05, 4.69) is 4.98 Å². The van der Waals surface area contributed by atoms with Crippen molar-refractivity contribution >= 4 is 34.3 Å².